The molecule has 0 saturated heterocycles. The predicted octanol–water partition coefficient (Wildman–Crippen LogP) is 3.07. The lowest BCUT2D eigenvalue weighted by atomic mass is 10.1. The van der Waals surface area contributed by atoms with E-state index < -0.39 is 0 Å². The molecule has 0 radical (unpaired) electrons. The zero-order chi connectivity index (χ0) is 15.5. The van der Waals surface area contributed by atoms with E-state index in [1.54, 1.807) is 0 Å². The van der Waals surface area contributed by atoms with Crippen molar-refractivity contribution in [1.82, 2.24) is 5.32 Å². The zero-order valence-electron chi connectivity index (χ0n) is 13.4. The van der Waals surface area contributed by atoms with Crippen LogP contribution < -0.4 is 20.3 Å². The topological polar surface area (TPSA) is 48.9 Å². The Balaban J connectivity index is 0.00000169. The van der Waals surface area contributed by atoms with Gasteiger partial charge in [-0.1, -0.05) is 30.3 Å². The number of ether oxygens (including phenoxy) is 1. The number of hydrogen-bond donors (Lipinski definition) is 2. The van der Waals surface area contributed by atoms with Crippen LogP contribution in [-0.2, 0) is 6.54 Å². The highest BCUT2D eigenvalue weighted by atomic mass is 127. The van der Waals surface area contributed by atoms with E-state index in [4.69, 9.17) is 4.74 Å². The Bertz CT molecular complexity index is 720. The lowest BCUT2D eigenvalue weighted by molar-refractivity contribution is 0.307. The second-order valence-corrected chi connectivity index (χ2v) is 5.72. The maximum atomic E-state index is 5.85. The average Bonchev–Trinajstić information content (AvgIpc) is 3.09. The van der Waals surface area contributed by atoms with Crippen LogP contribution in [0.25, 0.3) is 0 Å². The van der Waals surface area contributed by atoms with Crippen LogP contribution >= 0.6 is 24.0 Å². The molecule has 2 aliphatic heterocycles. The molecule has 2 heterocycles. The van der Waals surface area contributed by atoms with Gasteiger partial charge in [-0.05, 0) is 17.7 Å². The van der Waals surface area contributed by atoms with E-state index in [-0.39, 0.29) is 24.0 Å². The van der Waals surface area contributed by atoms with E-state index in [0.717, 1.165) is 49.3 Å². The van der Waals surface area contributed by atoms with Crippen molar-refractivity contribution < 1.29 is 4.74 Å². The van der Waals surface area contributed by atoms with Crippen molar-refractivity contribution in [2.24, 2.45) is 4.99 Å². The third-order valence-electron chi connectivity index (χ3n) is 4.07. The van der Waals surface area contributed by atoms with Gasteiger partial charge in [-0.25, -0.2) is 0 Å². The van der Waals surface area contributed by atoms with Crippen LogP contribution in [0.3, 0.4) is 0 Å². The highest BCUT2D eigenvalue weighted by Crippen LogP contribution is 2.34. The Morgan fingerprint density at radius 3 is 2.83 bits per heavy atom. The number of aliphatic imine (C=N–C) groups is 1. The summed E-state index contributed by atoms with van der Waals surface area (Å²) in [5.74, 6) is 1.76. The molecular weight excluding hydrogens is 415 g/mol. The molecule has 4 rings (SSSR count). The highest BCUT2D eigenvalue weighted by molar-refractivity contribution is 14.0. The van der Waals surface area contributed by atoms with Gasteiger partial charge in [0.1, 0.15) is 12.4 Å². The number of rotatable bonds is 3. The minimum atomic E-state index is 0. The molecule has 0 aromatic heterocycles. The highest BCUT2D eigenvalue weighted by Gasteiger charge is 2.19. The molecular formula is C18H21IN4O. The molecule has 0 aliphatic carbocycles. The number of benzene rings is 2. The van der Waals surface area contributed by atoms with Gasteiger partial charge in [-0.15, -0.1) is 24.0 Å². The van der Waals surface area contributed by atoms with Crippen LogP contribution in [0.5, 0.6) is 5.75 Å². The number of fused-ring (bicyclic) bond motifs is 1. The molecule has 2 N–H and O–H groups in total. The number of guanidine groups is 1. The normalized spacial score (nSPS) is 15.5. The Morgan fingerprint density at radius 2 is 2.04 bits per heavy atom. The van der Waals surface area contributed by atoms with E-state index in [2.05, 4.69) is 69.1 Å². The second kappa shape index (κ2) is 7.74. The van der Waals surface area contributed by atoms with Gasteiger partial charge in [-0.3, -0.25) is 4.99 Å². The quantitative estimate of drug-likeness (QED) is 0.727. The van der Waals surface area contributed by atoms with Crippen LogP contribution in [0.2, 0.25) is 0 Å². The molecule has 6 heteroatoms. The SMILES string of the molecule is I.c1ccc(CN2CCOc3cc(NC4=NCCN4)ccc32)cc1. The fraction of sp³-hybridized carbons (Fsp3) is 0.278. The average molecular weight is 436 g/mol. The molecule has 2 aliphatic rings. The monoisotopic (exact) mass is 436 g/mol. The standard InChI is InChI=1S/C18H20N4O.HI/c1-2-4-14(5-3-1)13-22-10-11-23-17-12-15(6-7-16(17)22)21-18-19-8-9-20-18;/h1-7,12H,8-11,13H2,(H2,19,20,21);1H. The third-order valence-corrected chi connectivity index (χ3v) is 4.07. The van der Waals surface area contributed by atoms with Crippen LogP contribution in [0.4, 0.5) is 11.4 Å². The molecule has 126 valence electrons. The van der Waals surface area contributed by atoms with Gasteiger partial charge >= 0.3 is 0 Å². The van der Waals surface area contributed by atoms with E-state index >= 15 is 0 Å². The van der Waals surface area contributed by atoms with Gasteiger partial charge in [0.15, 0.2) is 5.96 Å². The van der Waals surface area contributed by atoms with Crippen molar-refractivity contribution >= 4 is 41.3 Å². The maximum absolute atomic E-state index is 5.85. The summed E-state index contributed by atoms with van der Waals surface area (Å²) in [4.78, 5) is 6.72. The number of halogens is 1. The summed E-state index contributed by atoms with van der Waals surface area (Å²) in [6.45, 7) is 4.24. The van der Waals surface area contributed by atoms with Gasteiger partial charge < -0.3 is 20.3 Å². The molecule has 5 nitrogen and oxygen atoms in total. The molecule has 2 aromatic carbocycles. The van der Waals surface area contributed by atoms with Crippen molar-refractivity contribution in [1.29, 1.82) is 0 Å². The first kappa shape index (κ1) is 16.9. The first-order chi connectivity index (χ1) is 11.4. The molecule has 24 heavy (non-hydrogen) atoms. The van der Waals surface area contributed by atoms with Gasteiger partial charge in [0.05, 0.1) is 18.8 Å². The summed E-state index contributed by atoms with van der Waals surface area (Å²) in [6.07, 6.45) is 0. The summed E-state index contributed by atoms with van der Waals surface area (Å²) in [6, 6.07) is 16.8. The van der Waals surface area contributed by atoms with Gasteiger partial charge in [0.25, 0.3) is 0 Å². The third kappa shape index (κ3) is 3.75. The van der Waals surface area contributed by atoms with Crippen LogP contribution in [-0.4, -0.2) is 32.2 Å². The molecule has 0 bridgehead atoms. The summed E-state index contributed by atoms with van der Waals surface area (Å²) in [5.41, 5.74) is 3.46. The number of hydrogen-bond acceptors (Lipinski definition) is 5. The number of anilines is 2. The Kier molecular flexibility index (Phi) is 5.44. The smallest absolute Gasteiger partial charge is 0.195 e. The first-order valence-corrected chi connectivity index (χ1v) is 7.99. The van der Waals surface area contributed by atoms with Crippen molar-refractivity contribution in [3.8, 4) is 5.75 Å². The minimum absolute atomic E-state index is 0. The van der Waals surface area contributed by atoms with E-state index in [9.17, 15) is 0 Å². The Labute approximate surface area is 159 Å². The number of nitrogens with one attached hydrogen (secondary N) is 2. The minimum Gasteiger partial charge on any atom is -0.489 e. The summed E-state index contributed by atoms with van der Waals surface area (Å²) < 4.78 is 5.85. The van der Waals surface area contributed by atoms with E-state index in [0.29, 0.717) is 6.61 Å². The van der Waals surface area contributed by atoms with Crippen molar-refractivity contribution in [3.05, 3.63) is 54.1 Å². The Morgan fingerprint density at radius 1 is 1.17 bits per heavy atom. The molecule has 0 fully saturated rings. The lowest BCUT2D eigenvalue weighted by Crippen LogP contribution is -2.32. The molecule has 0 spiro atoms. The number of nitrogens with zero attached hydrogens (tertiary/aromatic N) is 2. The molecule has 2 aromatic rings. The second-order valence-electron chi connectivity index (χ2n) is 5.72. The summed E-state index contributed by atoms with van der Waals surface area (Å²) >= 11 is 0. The van der Waals surface area contributed by atoms with Crippen LogP contribution in [0.1, 0.15) is 5.56 Å². The first-order valence-electron chi connectivity index (χ1n) is 7.99. The van der Waals surface area contributed by atoms with E-state index in [1.807, 2.05) is 0 Å². The van der Waals surface area contributed by atoms with Crippen molar-refractivity contribution in [2.75, 3.05) is 36.5 Å². The van der Waals surface area contributed by atoms with Gasteiger partial charge in [0, 0.05) is 24.8 Å². The van der Waals surface area contributed by atoms with E-state index in [1.165, 1.54) is 5.56 Å². The largest absolute Gasteiger partial charge is 0.489 e. The molecule has 0 saturated carbocycles. The van der Waals surface area contributed by atoms with Crippen molar-refractivity contribution in [3.63, 3.8) is 0 Å². The zero-order valence-corrected chi connectivity index (χ0v) is 15.7. The molecule has 0 unspecified atom stereocenters. The molecule has 0 amide bonds. The van der Waals surface area contributed by atoms with Crippen LogP contribution in [0.15, 0.2) is 53.5 Å². The summed E-state index contributed by atoms with van der Waals surface area (Å²) in [7, 11) is 0. The lowest BCUT2D eigenvalue weighted by Gasteiger charge is -2.31. The molecule has 0 atom stereocenters. The summed E-state index contributed by atoms with van der Waals surface area (Å²) in [5, 5.41) is 6.51. The Hall–Kier alpha value is -1.96. The van der Waals surface area contributed by atoms with Gasteiger partial charge in [0.2, 0.25) is 0 Å². The predicted molar refractivity (Wildman–Crippen MR) is 109 cm³/mol. The fourth-order valence-corrected chi connectivity index (χ4v) is 2.94. The fourth-order valence-electron chi connectivity index (χ4n) is 2.94. The van der Waals surface area contributed by atoms with Crippen molar-refractivity contribution in [2.45, 2.75) is 6.54 Å². The van der Waals surface area contributed by atoms with Crippen LogP contribution in [0, 0.1) is 0 Å². The maximum Gasteiger partial charge on any atom is 0.195 e. The van der Waals surface area contributed by atoms with Gasteiger partial charge in [-0.2, -0.15) is 0 Å².